The summed E-state index contributed by atoms with van der Waals surface area (Å²) < 4.78 is 0. The average molecular weight is 263 g/mol. The van der Waals surface area contributed by atoms with Gasteiger partial charge in [-0.1, -0.05) is 69.4 Å². The molecule has 1 unspecified atom stereocenters. The minimum Gasteiger partial charge on any atom is -0.634 e. The van der Waals surface area contributed by atoms with E-state index in [9.17, 15) is 5.21 Å². The molecule has 0 aliphatic rings. The van der Waals surface area contributed by atoms with Crippen molar-refractivity contribution in [2.45, 2.75) is 58.3 Å². The lowest BCUT2D eigenvalue weighted by molar-refractivity contribution is -0.848. The van der Waals surface area contributed by atoms with Gasteiger partial charge in [0, 0.05) is 6.42 Å². The smallest absolute Gasteiger partial charge is 0.0809 e. The second kappa shape index (κ2) is 11.0. The molecule has 1 N–H and O–H groups in total. The van der Waals surface area contributed by atoms with Gasteiger partial charge in [0.15, 0.2) is 0 Å². The fourth-order valence-electron chi connectivity index (χ4n) is 2.33. The predicted octanol–water partition coefficient (Wildman–Crippen LogP) is 3.36. The Bertz CT molecular complexity index is 299. The van der Waals surface area contributed by atoms with Gasteiger partial charge in [-0.2, -0.15) is 0 Å². The first-order valence-corrected chi connectivity index (χ1v) is 7.88. The Morgan fingerprint density at radius 1 is 0.842 bits per heavy atom. The summed E-state index contributed by atoms with van der Waals surface area (Å²) in [6.45, 7) is 3.73. The fourth-order valence-corrected chi connectivity index (χ4v) is 2.33. The van der Waals surface area contributed by atoms with Crippen LogP contribution in [0.4, 0.5) is 0 Å². The molecule has 0 bridgehead atoms. The van der Waals surface area contributed by atoms with Crippen LogP contribution in [0.5, 0.6) is 0 Å². The summed E-state index contributed by atoms with van der Waals surface area (Å²) >= 11 is 0. The van der Waals surface area contributed by atoms with Gasteiger partial charge in [0.05, 0.1) is 13.1 Å². The molecule has 2 nitrogen and oxygen atoms in total. The third-order valence-electron chi connectivity index (χ3n) is 3.59. The Balaban J connectivity index is 1.95. The molecule has 1 rings (SSSR count). The molecule has 0 aromatic heterocycles. The van der Waals surface area contributed by atoms with Crippen molar-refractivity contribution >= 4 is 0 Å². The third-order valence-corrected chi connectivity index (χ3v) is 3.59. The van der Waals surface area contributed by atoms with Crippen LogP contribution in [0.1, 0.15) is 57.4 Å². The number of quaternary nitrogens is 1. The van der Waals surface area contributed by atoms with E-state index >= 15 is 0 Å². The highest BCUT2D eigenvalue weighted by Crippen LogP contribution is 2.05. The Labute approximate surface area is 118 Å². The number of hydroxylamine groups is 2. The molecule has 0 radical (unpaired) electrons. The standard InChI is InChI=1S/C17H29NO/c1-2-3-4-5-6-7-11-15-18(19)16-14-17-12-9-8-10-13-17/h8-10,12-13,18H,2-7,11,14-16H2,1H3. The molecule has 2 heteroatoms. The molecule has 19 heavy (non-hydrogen) atoms. The number of hydrogen-bond acceptors (Lipinski definition) is 1. The summed E-state index contributed by atoms with van der Waals surface area (Å²) in [5, 5.41) is 12.2. The van der Waals surface area contributed by atoms with Crippen molar-refractivity contribution in [3.05, 3.63) is 41.1 Å². The largest absolute Gasteiger partial charge is 0.634 e. The van der Waals surface area contributed by atoms with Crippen LogP contribution in [0, 0.1) is 5.21 Å². The summed E-state index contributed by atoms with van der Waals surface area (Å²) in [5.74, 6) is 0. The quantitative estimate of drug-likeness (QED) is 0.481. The summed E-state index contributed by atoms with van der Waals surface area (Å²) in [6, 6.07) is 10.3. The first kappa shape index (κ1) is 16.2. The highest BCUT2D eigenvalue weighted by Gasteiger charge is 1.99. The van der Waals surface area contributed by atoms with Crippen molar-refractivity contribution < 1.29 is 5.06 Å². The van der Waals surface area contributed by atoms with Gasteiger partial charge in [-0.3, -0.25) is 0 Å². The molecule has 0 amide bonds. The van der Waals surface area contributed by atoms with Crippen molar-refractivity contribution in [3.8, 4) is 0 Å². The van der Waals surface area contributed by atoms with Crippen LogP contribution in [-0.2, 0) is 6.42 Å². The van der Waals surface area contributed by atoms with E-state index in [2.05, 4.69) is 19.1 Å². The second-order valence-electron chi connectivity index (χ2n) is 5.40. The Morgan fingerprint density at radius 3 is 2.16 bits per heavy atom. The molecule has 1 aromatic carbocycles. The minimum absolute atomic E-state index is 0.428. The summed E-state index contributed by atoms with van der Waals surface area (Å²) in [6.07, 6.45) is 9.86. The van der Waals surface area contributed by atoms with Crippen molar-refractivity contribution in [2.75, 3.05) is 13.1 Å². The normalized spacial score (nSPS) is 12.5. The zero-order valence-corrected chi connectivity index (χ0v) is 12.4. The van der Waals surface area contributed by atoms with Crippen LogP contribution in [0.2, 0.25) is 0 Å². The molecular formula is C17H29NO. The highest BCUT2D eigenvalue weighted by molar-refractivity contribution is 5.14. The van der Waals surface area contributed by atoms with Gasteiger partial charge >= 0.3 is 0 Å². The number of unbranched alkanes of at least 4 members (excludes halogenated alkanes) is 6. The maximum atomic E-state index is 11.8. The molecule has 0 heterocycles. The van der Waals surface area contributed by atoms with E-state index in [-0.39, 0.29) is 0 Å². The van der Waals surface area contributed by atoms with Crippen LogP contribution in [-0.4, -0.2) is 13.1 Å². The van der Waals surface area contributed by atoms with Crippen molar-refractivity contribution in [2.24, 2.45) is 0 Å². The summed E-state index contributed by atoms with van der Waals surface area (Å²) in [5.41, 5.74) is 1.27. The van der Waals surface area contributed by atoms with Crippen LogP contribution < -0.4 is 5.06 Å². The van der Waals surface area contributed by atoms with E-state index < -0.39 is 0 Å². The van der Waals surface area contributed by atoms with Crippen molar-refractivity contribution in [1.29, 1.82) is 0 Å². The predicted molar refractivity (Wildman–Crippen MR) is 82.2 cm³/mol. The lowest BCUT2D eigenvalue weighted by Gasteiger charge is -2.22. The molecule has 0 saturated carbocycles. The van der Waals surface area contributed by atoms with E-state index in [0.29, 0.717) is 11.6 Å². The van der Waals surface area contributed by atoms with Gasteiger partial charge in [0.1, 0.15) is 0 Å². The molecule has 1 atom stereocenters. The molecule has 0 aliphatic heterocycles. The Morgan fingerprint density at radius 2 is 1.47 bits per heavy atom. The maximum absolute atomic E-state index is 11.8. The molecule has 108 valence electrons. The highest BCUT2D eigenvalue weighted by atomic mass is 16.5. The average Bonchev–Trinajstić information content (AvgIpc) is 2.45. The lowest BCUT2D eigenvalue weighted by Crippen LogP contribution is -3.07. The van der Waals surface area contributed by atoms with Crippen LogP contribution in [0.3, 0.4) is 0 Å². The van der Waals surface area contributed by atoms with Crippen LogP contribution >= 0.6 is 0 Å². The zero-order chi connectivity index (χ0) is 13.8. The van der Waals surface area contributed by atoms with Gasteiger partial charge < -0.3 is 10.3 Å². The van der Waals surface area contributed by atoms with Gasteiger partial charge in [0.25, 0.3) is 0 Å². The molecular weight excluding hydrogens is 234 g/mol. The molecule has 0 fully saturated rings. The minimum atomic E-state index is 0.428. The Hall–Kier alpha value is -0.860. The van der Waals surface area contributed by atoms with Gasteiger partial charge in [-0.05, 0) is 18.4 Å². The van der Waals surface area contributed by atoms with Crippen molar-refractivity contribution in [3.63, 3.8) is 0 Å². The van der Waals surface area contributed by atoms with Gasteiger partial charge in [0.2, 0.25) is 0 Å². The van der Waals surface area contributed by atoms with E-state index in [4.69, 9.17) is 0 Å². The first-order chi connectivity index (χ1) is 9.33. The maximum Gasteiger partial charge on any atom is 0.0809 e. The summed E-state index contributed by atoms with van der Waals surface area (Å²) in [7, 11) is 0. The van der Waals surface area contributed by atoms with Gasteiger partial charge in [-0.25, -0.2) is 0 Å². The monoisotopic (exact) mass is 263 g/mol. The Kier molecular flexibility index (Phi) is 9.38. The number of benzene rings is 1. The van der Waals surface area contributed by atoms with Gasteiger partial charge in [-0.15, -0.1) is 0 Å². The summed E-state index contributed by atoms with van der Waals surface area (Å²) in [4.78, 5) is 0. The molecule has 0 saturated heterocycles. The van der Waals surface area contributed by atoms with Crippen LogP contribution in [0.15, 0.2) is 30.3 Å². The van der Waals surface area contributed by atoms with Crippen LogP contribution in [0.25, 0.3) is 0 Å². The molecule has 0 aliphatic carbocycles. The number of nitrogens with one attached hydrogen (secondary N) is 1. The van der Waals surface area contributed by atoms with E-state index in [1.165, 1.54) is 44.1 Å². The zero-order valence-electron chi connectivity index (χ0n) is 12.4. The third kappa shape index (κ3) is 8.79. The number of rotatable bonds is 11. The molecule has 1 aromatic rings. The fraction of sp³-hybridized carbons (Fsp3) is 0.647. The second-order valence-corrected chi connectivity index (χ2v) is 5.40. The topological polar surface area (TPSA) is 27.5 Å². The van der Waals surface area contributed by atoms with E-state index in [1.807, 2.05) is 18.2 Å². The van der Waals surface area contributed by atoms with E-state index in [1.54, 1.807) is 0 Å². The SMILES string of the molecule is CCCCCCCCC[NH+]([O-])CCc1ccccc1. The molecule has 0 spiro atoms. The van der Waals surface area contributed by atoms with E-state index in [0.717, 1.165) is 19.4 Å². The number of hydrogen-bond donors (Lipinski definition) is 1. The first-order valence-electron chi connectivity index (χ1n) is 7.88. The van der Waals surface area contributed by atoms with Crippen molar-refractivity contribution in [1.82, 2.24) is 0 Å². The lowest BCUT2D eigenvalue weighted by atomic mass is 10.1.